The number of amides is 1. The van der Waals surface area contributed by atoms with Crippen LogP contribution in [0.5, 0.6) is 0 Å². The van der Waals surface area contributed by atoms with Gasteiger partial charge in [0.15, 0.2) is 0 Å². The van der Waals surface area contributed by atoms with Crippen molar-refractivity contribution in [3.8, 4) is 0 Å². The molecule has 1 aliphatic rings. The molecule has 0 saturated carbocycles. The number of sulfonamides is 1. The average molecular weight is 480 g/mol. The van der Waals surface area contributed by atoms with Crippen molar-refractivity contribution >= 4 is 31.9 Å². The largest absolute Gasteiger partial charge is 0.348 e. The van der Waals surface area contributed by atoms with Crippen molar-refractivity contribution in [1.29, 1.82) is 0 Å². The SMILES string of the molecule is CN(C)S(=O)(=O)c1cc(C(=O)NCc2ccc(CN3CCCC3)cc2)ccc1Br. The number of likely N-dealkylation sites (tertiary alicyclic amines) is 1. The van der Waals surface area contributed by atoms with E-state index in [0.717, 1.165) is 29.5 Å². The van der Waals surface area contributed by atoms with Crippen LogP contribution in [0.15, 0.2) is 51.8 Å². The van der Waals surface area contributed by atoms with Crippen molar-refractivity contribution in [2.45, 2.75) is 30.8 Å². The first-order valence-corrected chi connectivity index (χ1v) is 11.8. The Labute approximate surface area is 181 Å². The van der Waals surface area contributed by atoms with Crippen molar-refractivity contribution in [3.63, 3.8) is 0 Å². The van der Waals surface area contributed by atoms with E-state index in [1.165, 1.54) is 38.6 Å². The molecule has 0 spiro atoms. The van der Waals surface area contributed by atoms with Crippen molar-refractivity contribution < 1.29 is 13.2 Å². The Kier molecular flexibility index (Phi) is 7.10. The summed E-state index contributed by atoms with van der Waals surface area (Å²) in [6.45, 7) is 3.68. The van der Waals surface area contributed by atoms with E-state index in [4.69, 9.17) is 0 Å². The van der Waals surface area contributed by atoms with E-state index in [1.54, 1.807) is 12.1 Å². The van der Waals surface area contributed by atoms with Gasteiger partial charge in [-0.1, -0.05) is 24.3 Å². The van der Waals surface area contributed by atoms with Gasteiger partial charge in [0.1, 0.15) is 0 Å². The summed E-state index contributed by atoms with van der Waals surface area (Å²) in [5, 5.41) is 2.86. The molecule has 1 heterocycles. The smallest absolute Gasteiger partial charge is 0.251 e. The predicted octanol–water partition coefficient (Wildman–Crippen LogP) is 3.23. The summed E-state index contributed by atoms with van der Waals surface area (Å²) < 4.78 is 26.4. The first-order chi connectivity index (χ1) is 13.8. The van der Waals surface area contributed by atoms with Gasteiger partial charge >= 0.3 is 0 Å². The lowest BCUT2D eigenvalue weighted by molar-refractivity contribution is 0.0950. The number of nitrogens with zero attached hydrogens (tertiary/aromatic N) is 2. The number of hydrogen-bond acceptors (Lipinski definition) is 4. The van der Waals surface area contributed by atoms with Crippen molar-refractivity contribution in [3.05, 3.63) is 63.6 Å². The molecule has 1 amide bonds. The zero-order valence-corrected chi connectivity index (χ0v) is 19.1. The predicted molar refractivity (Wildman–Crippen MR) is 117 cm³/mol. The zero-order valence-electron chi connectivity index (χ0n) is 16.7. The van der Waals surface area contributed by atoms with Gasteiger partial charge in [0.25, 0.3) is 5.91 Å². The lowest BCUT2D eigenvalue weighted by Crippen LogP contribution is -2.25. The number of carbonyl (C=O) groups is 1. The van der Waals surface area contributed by atoms with Crippen LogP contribution in [0, 0.1) is 0 Å². The topological polar surface area (TPSA) is 69.7 Å². The maximum Gasteiger partial charge on any atom is 0.251 e. The Morgan fingerprint density at radius 3 is 2.31 bits per heavy atom. The molecule has 0 radical (unpaired) electrons. The van der Waals surface area contributed by atoms with Crippen LogP contribution in [0.4, 0.5) is 0 Å². The fraction of sp³-hybridized carbons (Fsp3) is 0.381. The van der Waals surface area contributed by atoms with E-state index in [2.05, 4.69) is 38.3 Å². The van der Waals surface area contributed by atoms with Crippen LogP contribution >= 0.6 is 15.9 Å². The van der Waals surface area contributed by atoms with Crippen LogP contribution in [-0.2, 0) is 23.1 Å². The van der Waals surface area contributed by atoms with E-state index in [0.29, 0.717) is 16.6 Å². The monoisotopic (exact) mass is 479 g/mol. The van der Waals surface area contributed by atoms with Crippen LogP contribution < -0.4 is 5.32 Å². The summed E-state index contributed by atoms with van der Waals surface area (Å²) in [5.74, 6) is -0.311. The fourth-order valence-corrected chi connectivity index (χ4v) is 5.13. The number of carbonyl (C=O) groups excluding carboxylic acids is 1. The molecule has 8 heteroatoms. The summed E-state index contributed by atoms with van der Waals surface area (Å²) in [4.78, 5) is 15.1. The molecule has 0 atom stereocenters. The van der Waals surface area contributed by atoms with Crippen LogP contribution in [0.2, 0.25) is 0 Å². The first kappa shape index (κ1) is 22.0. The van der Waals surface area contributed by atoms with Gasteiger partial charge in [-0.15, -0.1) is 0 Å². The van der Waals surface area contributed by atoms with Gasteiger partial charge in [0, 0.05) is 37.2 Å². The number of rotatable bonds is 7. The summed E-state index contributed by atoms with van der Waals surface area (Å²) in [6.07, 6.45) is 2.55. The van der Waals surface area contributed by atoms with Gasteiger partial charge in [0.05, 0.1) is 4.90 Å². The first-order valence-electron chi connectivity index (χ1n) is 9.58. The molecular formula is C21H26BrN3O3S. The van der Waals surface area contributed by atoms with Gasteiger partial charge < -0.3 is 5.32 Å². The van der Waals surface area contributed by atoms with Gasteiger partial charge in [-0.25, -0.2) is 12.7 Å². The third-order valence-corrected chi connectivity index (χ3v) is 7.84. The van der Waals surface area contributed by atoms with Crippen LogP contribution in [0.25, 0.3) is 0 Å². The second kappa shape index (κ2) is 9.38. The number of halogens is 1. The molecule has 1 aliphatic heterocycles. The third kappa shape index (κ3) is 5.45. The molecule has 0 aromatic heterocycles. The molecule has 6 nitrogen and oxygen atoms in total. The van der Waals surface area contributed by atoms with E-state index in [9.17, 15) is 13.2 Å². The molecule has 0 aliphatic carbocycles. The Bertz CT molecular complexity index is 969. The van der Waals surface area contributed by atoms with Gasteiger partial charge in [0.2, 0.25) is 10.0 Å². The molecule has 3 rings (SSSR count). The normalized spacial score (nSPS) is 15.0. The second-order valence-corrected chi connectivity index (χ2v) is 10.4. The van der Waals surface area contributed by atoms with Crippen molar-refractivity contribution in [2.75, 3.05) is 27.2 Å². The number of benzene rings is 2. The summed E-state index contributed by atoms with van der Waals surface area (Å²) in [7, 11) is -0.723. The highest BCUT2D eigenvalue weighted by molar-refractivity contribution is 9.10. The number of nitrogens with one attached hydrogen (secondary N) is 1. The fourth-order valence-electron chi connectivity index (χ4n) is 3.28. The van der Waals surface area contributed by atoms with Crippen LogP contribution in [0.3, 0.4) is 0 Å². The highest BCUT2D eigenvalue weighted by Crippen LogP contribution is 2.25. The van der Waals surface area contributed by atoms with Gasteiger partial charge in [-0.3, -0.25) is 9.69 Å². The van der Waals surface area contributed by atoms with E-state index in [-0.39, 0.29) is 10.8 Å². The highest BCUT2D eigenvalue weighted by Gasteiger charge is 2.22. The third-order valence-electron chi connectivity index (χ3n) is 5.03. The van der Waals surface area contributed by atoms with Crippen molar-refractivity contribution in [1.82, 2.24) is 14.5 Å². The molecule has 1 N–H and O–H groups in total. The molecule has 0 bridgehead atoms. The second-order valence-electron chi connectivity index (χ2n) is 7.42. The number of hydrogen-bond donors (Lipinski definition) is 1. The lowest BCUT2D eigenvalue weighted by Gasteiger charge is -2.15. The standard InChI is InChI=1S/C21H26BrN3O3S/c1-24(2)29(27,28)20-13-18(9-10-19(20)22)21(26)23-14-16-5-7-17(8-6-16)15-25-11-3-4-12-25/h5-10,13H,3-4,11-12,14-15H2,1-2H3,(H,23,26). The van der Waals surface area contributed by atoms with Gasteiger partial charge in [-0.2, -0.15) is 0 Å². The molecule has 1 saturated heterocycles. The Balaban J connectivity index is 1.63. The molecule has 1 fully saturated rings. The van der Waals surface area contributed by atoms with E-state index < -0.39 is 10.0 Å². The molecular weight excluding hydrogens is 454 g/mol. The minimum atomic E-state index is -3.64. The average Bonchev–Trinajstić information content (AvgIpc) is 3.20. The molecule has 2 aromatic carbocycles. The summed E-state index contributed by atoms with van der Waals surface area (Å²) in [5.41, 5.74) is 2.58. The highest BCUT2D eigenvalue weighted by atomic mass is 79.9. The molecule has 29 heavy (non-hydrogen) atoms. The maximum atomic E-state index is 12.5. The molecule has 2 aromatic rings. The molecule has 0 unspecified atom stereocenters. The van der Waals surface area contributed by atoms with Crippen LogP contribution in [0.1, 0.15) is 34.3 Å². The quantitative estimate of drug-likeness (QED) is 0.661. The lowest BCUT2D eigenvalue weighted by atomic mass is 10.1. The summed E-state index contributed by atoms with van der Waals surface area (Å²) >= 11 is 3.26. The Morgan fingerprint density at radius 1 is 1.07 bits per heavy atom. The zero-order chi connectivity index (χ0) is 21.0. The van der Waals surface area contributed by atoms with Crippen LogP contribution in [-0.4, -0.2) is 50.7 Å². The minimum Gasteiger partial charge on any atom is -0.348 e. The van der Waals surface area contributed by atoms with Crippen molar-refractivity contribution in [2.24, 2.45) is 0 Å². The van der Waals surface area contributed by atoms with E-state index >= 15 is 0 Å². The van der Waals surface area contributed by atoms with Gasteiger partial charge in [-0.05, 0) is 71.2 Å². The maximum absolute atomic E-state index is 12.5. The summed E-state index contributed by atoms with van der Waals surface area (Å²) in [6, 6.07) is 12.8. The molecule has 156 valence electrons. The Morgan fingerprint density at radius 2 is 1.69 bits per heavy atom. The minimum absolute atomic E-state index is 0.0708. The Hall–Kier alpha value is -1.74. The van der Waals surface area contributed by atoms with E-state index in [1.807, 2.05) is 12.1 Å².